The largest absolute Gasteiger partial charge is 0.494 e. The molecule has 0 atom stereocenters. The molecule has 0 bridgehead atoms. The molecule has 2 aromatic rings. The summed E-state index contributed by atoms with van der Waals surface area (Å²) in [6.45, 7) is 0.944. The van der Waals surface area contributed by atoms with E-state index in [0.29, 0.717) is 30.2 Å². The number of benzene rings is 1. The first-order valence-corrected chi connectivity index (χ1v) is 8.12. The van der Waals surface area contributed by atoms with Gasteiger partial charge >= 0.3 is 0 Å². The third-order valence-electron chi connectivity index (χ3n) is 3.32. The predicted molar refractivity (Wildman–Crippen MR) is 89.8 cm³/mol. The van der Waals surface area contributed by atoms with Crippen LogP contribution in [0.3, 0.4) is 0 Å². The van der Waals surface area contributed by atoms with Crippen molar-refractivity contribution in [1.82, 2.24) is 4.98 Å². The molecule has 22 heavy (non-hydrogen) atoms. The van der Waals surface area contributed by atoms with Gasteiger partial charge in [0, 0.05) is 11.8 Å². The van der Waals surface area contributed by atoms with E-state index in [1.165, 1.54) is 0 Å². The fourth-order valence-electron chi connectivity index (χ4n) is 2.32. The molecular weight excluding hydrogens is 416 g/mol. The Morgan fingerprint density at radius 1 is 1.36 bits per heavy atom. The van der Waals surface area contributed by atoms with Crippen LogP contribution in [0.4, 0.5) is 5.69 Å². The molecule has 1 aliphatic rings. The molecule has 3 rings (SSSR count). The van der Waals surface area contributed by atoms with Crippen molar-refractivity contribution in [2.24, 2.45) is 0 Å². The van der Waals surface area contributed by atoms with E-state index >= 15 is 0 Å². The molecule has 5 nitrogen and oxygen atoms in total. The first-order valence-electron chi connectivity index (χ1n) is 6.53. The Balaban J connectivity index is 1.99. The minimum atomic E-state index is -0.0974. The van der Waals surface area contributed by atoms with Crippen LogP contribution in [-0.2, 0) is 0 Å². The summed E-state index contributed by atoms with van der Waals surface area (Å²) in [5.74, 6) is 1.18. The Hall–Kier alpha value is -1.60. The summed E-state index contributed by atoms with van der Waals surface area (Å²) in [7, 11) is 1.58. The predicted octanol–water partition coefficient (Wildman–Crippen LogP) is 3.65. The molecule has 1 aromatic carbocycles. The van der Waals surface area contributed by atoms with Crippen LogP contribution >= 0.6 is 31.9 Å². The fraction of sp³-hybridized carbons (Fsp3) is 0.200. The molecule has 114 valence electrons. The smallest absolute Gasteiger partial charge is 0.258 e. The molecule has 0 fully saturated rings. The number of carbonyl (C=O) groups is 1. The Labute approximate surface area is 144 Å². The van der Waals surface area contributed by atoms with Crippen molar-refractivity contribution in [3.05, 3.63) is 45.1 Å². The van der Waals surface area contributed by atoms with Crippen molar-refractivity contribution in [3.8, 4) is 11.5 Å². The second-order valence-electron chi connectivity index (χ2n) is 4.62. The Bertz CT molecular complexity index is 713. The highest BCUT2D eigenvalue weighted by molar-refractivity contribution is 9.11. The Morgan fingerprint density at radius 2 is 2.09 bits per heavy atom. The molecule has 0 spiro atoms. The van der Waals surface area contributed by atoms with Gasteiger partial charge in [-0.25, -0.2) is 0 Å². The van der Waals surface area contributed by atoms with Crippen LogP contribution in [0.25, 0.3) is 0 Å². The second-order valence-corrected chi connectivity index (χ2v) is 6.33. The molecule has 0 radical (unpaired) electrons. The average Bonchev–Trinajstić information content (AvgIpc) is 2.53. The molecule has 1 aromatic heterocycles. The molecule has 0 aliphatic carbocycles. The highest BCUT2D eigenvalue weighted by atomic mass is 79.9. The number of methoxy groups -OCH3 is 1. The van der Waals surface area contributed by atoms with Gasteiger partial charge < -0.3 is 14.4 Å². The standard InChI is InChI=1S/C15H12Br2N2O3/c1-21-14-10(16)6-9(7-11(14)17)15(20)19-4-5-22-13-8-18-3-2-12(13)19/h2-3,6-8H,4-5H2,1H3. The molecule has 0 saturated heterocycles. The second kappa shape index (κ2) is 6.26. The third kappa shape index (κ3) is 2.70. The number of amides is 1. The van der Waals surface area contributed by atoms with Gasteiger partial charge in [0.25, 0.3) is 5.91 Å². The van der Waals surface area contributed by atoms with Gasteiger partial charge in [-0.3, -0.25) is 9.78 Å². The normalized spacial score (nSPS) is 13.3. The molecule has 0 unspecified atom stereocenters. The summed E-state index contributed by atoms with van der Waals surface area (Å²) in [5, 5.41) is 0. The van der Waals surface area contributed by atoms with E-state index in [4.69, 9.17) is 9.47 Å². The van der Waals surface area contributed by atoms with Crippen LogP contribution in [0.1, 0.15) is 10.4 Å². The van der Waals surface area contributed by atoms with E-state index in [0.717, 1.165) is 14.6 Å². The number of carbonyl (C=O) groups excluding carboxylic acids is 1. The van der Waals surface area contributed by atoms with Gasteiger partial charge in [-0.05, 0) is 50.1 Å². The summed E-state index contributed by atoms with van der Waals surface area (Å²) in [6, 6.07) is 5.28. The van der Waals surface area contributed by atoms with E-state index in [2.05, 4.69) is 36.8 Å². The zero-order valence-electron chi connectivity index (χ0n) is 11.7. The summed E-state index contributed by atoms with van der Waals surface area (Å²) in [6.07, 6.45) is 3.27. The van der Waals surface area contributed by atoms with Gasteiger partial charge in [0.05, 0.1) is 34.5 Å². The van der Waals surface area contributed by atoms with E-state index < -0.39 is 0 Å². The first-order chi connectivity index (χ1) is 10.6. The van der Waals surface area contributed by atoms with Crippen molar-refractivity contribution >= 4 is 43.5 Å². The van der Waals surface area contributed by atoms with Crippen molar-refractivity contribution in [2.45, 2.75) is 0 Å². The molecule has 1 aliphatic heterocycles. The van der Waals surface area contributed by atoms with Crippen LogP contribution in [0.15, 0.2) is 39.5 Å². The molecule has 2 heterocycles. The van der Waals surface area contributed by atoms with Gasteiger partial charge in [-0.15, -0.1) is 0 Å². The number of halogens is 2. The molecular formula is C15H12Br2N2O3. The van der Waals surface area contributed by atoms with Crippen molar-refractivity contribution in [2.75, 3.05) is 25.2 Å². The lowest BCUT2D eigenvalue weighted by Gasteiger charge is -2.29. The van der Waals surface area contributed by atoms with Crippen LogP contribution < -0.4 is 14.4 Å². The summed E-state index contributed by atoms with van der Waals surface area (Å²) in [5.41, 5.74) is 1.29. The fourth-order valence-corrected chi connectivity index (χ4v) is 3.83. The lowest BCUT2D eigenvalue weighted by molar-refractivity contribution is 0.0976. The number of aromatic nitrogens is 1. The topological polar surface area (TPSA) is 51.7 Å². The summed E-state index contributed by atoms with van der Waals surface area (Å²) in [4.78, 5) is 18.6. The van der Waals surface area contributed by atoms with Gasteiger partial charge in [0.15, 0.2) is 5.75 Å². The maximum Gasteiger partial charge on any atom is 0.258 e. The van der Waals surface area contributed by atoms with E-state index in [1.54, 1.807) is 42.6 Å². The van der Waals surface area contributed by atoms with Crippen LogP contribution in [-0.4, -0.2) is 31.2 Å². The summed E-state index contributed by atoms with van der Waals surface area (Å²) < 4.78 is 12.2. The molecule has 0 saturated carbocycles. The van der Waals surface area contributed by atoms with Crippen molar-refractivity contribution < 1.29 is 14.3 Å². The molecule has 1 amide bonds. The lowest BCUT2D eigenvalue weighted by atomic mass is 10.1. The number of hydrogen-bond acceptors (Lipinski definition) is 4. The van der Waals surface area contributed by atoms with Crippen LogP contribution in [0.5, 0.6) is 11.5 Å². The van der Waals surface area contributed by atoms with Gasteiger partial charge in [-0.1, -0.05) is 0 Å². The number of nitrogens with zero attached hydrogens (tertiary/aromatic N) is 2. The minimum Gasteiger partial charge on any atom is -0.494 e. The first kappa shape index (κ1) is 15.3. The Kier molecular flexibility index (Phi) is 4.35. The molecule has 0 N–H and O–H groups in total. The van der Waals surface area contributed by atoms with E-state index in [9.17, 15) is 4.79 Å². The van der Waals surface area contributed by atoms with Gasteiger partial charge in [0.2, 0.25) is 0 Å². The lowest BCUT2D eigenvalue weighted by Crippen LogP contribution is -2.38. The number of rotatable bonds is 2. The highest BCUT2D eigenvalue weighted by Crippen LogP contribution is 2.36. The van der Waals surface area contributed by atoms with Gasteiger partial charge in [0.1, 0.15) is 12.4 Å². The molecule has 7 heteroatoms. The zero-order valence-corrected chi connectivity index (χ0v) is 14.8. The maximum absolute atomic E-state index is 12.8. The number of fused-ring (bicyclic) bond motifs is 1. The van der Waals surface area contributed by atoms with Crippen LogP contribution in [0.2, 0.25) is 0 Å². The Morgan fingerprint density at radius 3 is 2.77 bits per heavy atom. The summed E-state index contributed by atoms with van der Waals surface area (Å²) >= 11 is 6.84. The third-order valence-corrected chi connectivity index (χ3v) is 4.50. The number of pyridine rings is 1. The highest BCUT2D eigenvalue weighted by Gasteiger charge is 2.25. The van der Waals surface area contributed by atoms with Crippen molar-refractivity contribution in [1.29, 1.82) is 0 Å². The number of ether oxygens (including phenoxy) is 2. The zero-order chi connectivity index (χ0) is 15.7. The van der Waals surface area contributed by atoms with Gasteiger partial charge in [-0.2, -0.15) is 0 Å². The van der Waals surface area contributed by atoms with Crippen LogP contribution in [0, 0.1) is 0 Å². The minimum absolute atomic E-state index is 0.0974. The van der Waals surface area contributed by atoms with Crippen molar-refractivity contribution in [3.63, 3.8) is 0 Å². The SMILES string of the molecule is COc1c(Br)cc(C(=O)N2CCOc3cnccc32)cc1Br. The maximum atomic E-state index is 12.8. The monoisotopic (exact) mass is 426 g/mol. The number of hydrogen-bond donors (Lipinski definition) is 0. The quantitative estimate of drug-likeness (QED) is 0.733. The average molecular weight is 428 g/mol. The van der Waals surface area contributed by atoms with E-state index in [-0.39, 0.29) is 5.91 Å². The van der Waals surface area contributed by atoms with E-state index in [1.807, 2.05) is 0 Å². The number of anilines is 1.